The van der Waals surface area contributed by atoms with Gasteiger partial charge < -0.3 is 9.64 Å². The van der Waals surface area contributed by atoms with Gasteiger partial charge in [-0.25, -0.2) is 4.98 Å². The summed E-state index contributed by atoms with van der Waals surface area (Å²) < 4.78 is 5.57. The molecule has 1 amide bonds. The Morgan fingerprint density at radius 3 is 2.65 bits per heavy atom. The van der Waals surface area contributed by atoms with Crippen molar-refractivity contribution < 1.29 is 9.53 Å². The van der Waals surface area contributed by atoms with E-state index in [-0.39, 0.29) is 5.91 Å². The van der Waals surface area contributed by atoms with Gasteiger partial charge in [-0.1, -0.05) is 30.7 Å². The number of hydrogen-bond acceptors (Lipinski definition) is 5. The fourth-order valence-electron chi connectivity index (χ4n) is 4.81. The van der Waals surface area contributed by atoms with E-state index in [2.05, 4.69) is 26.9 Å². The predicted molar refractivity (Wildman–Crippen MR) is 124 cm³/mol. The van der Waals surface area contributed by atoms with Gasteiger partial charge >= 0.3 is 0 Å². The fourth-order valence-corrected chi connectivity index (χ4v) is 4.81. The van der Waals surface area contributed by atoms with Gasteiger partial charge in [0.1, 0.15) is 11.6 Å². The van der Waals surface area contributed by atoms with Gasteiger partial charge in [-0.3, -0.25) is 14.6 Å². The molecule has 1 atom stereocenters. The number of methoxy groups -OCH3 is 1. The monoisotopic (exact) mass is 422 g/mol. The number of likely N-dealkylation sites (tertiary alicyclic amines) is 2. The lowest BCUT2D eigenvalue weighted by atomic mass is 9.97. The SMILES string of the molecule is COc1ccccc1[C@@H]1CCN(CCN(C(=O)CN2CCCCC2)c2ccccn2)C1. The molecule has 0 saturated carbocycles. The number of carbonyl (C=O) groups excluding carboxylic acids is 1. The number of piperidine rings is 1. The number of amides is 1. The summed E-state index contributed by atoms with van der Waals surface area (Å²) in [6, 6.07) is 14.1. The van der Waals surface area contributed by atoms with E-state index in [1.807, 2.05) is 35.2 Å². The van der Waals surface area contributed by atoms with Crippen molar-refractivity contribution in [1.82, 2.24) is 14.8 Å². The lowest BCUT2D eigenvalue weighted by molar-refractivity contribution is -0.120. The second-order valence-corrected chi connectivity index (χ2v) is 8.60. The normalized spacial score (nSPS) is 20.0. The summed E-state index contributed by atoms with van der Waals surface area (Å²) in [7, 11) is 1.74. The molecule has 2 saturated heterocycles. The summed E-state index contributed by atoms with van der Waals surface area (Å²) in [5.41, 5.74) is 1.29. The Hall–Kier alpha value is -2.44. The maximum atomic E-state index is 13.2. The molecule has 166 valence electrons. The van der Waals surface area contributed by atoms with Crippen molar-refractivity contribution in [3.8, 4) is 5.75 Å². The number of pyridine rings is 1. The Kier molecular flexibility index (Phi) is 7.54. The van der Waals surface area contributed by atoms with Crippen LogP contribution in [0.4, 0.5) is 5.82 Å². The summed E-state index contributed by atoms with van der Waals surface area (Å²) in [5.74, 6) is 2.36. The molecule has 0 N–H and O–H groups in total. The third-order valence-corrected chi connectivity index (χ3v) is 6.53. The standard InChI is InChI=1S/C25H34N4O2/c1-31-23-10-4-3-9-22(23)21-12-16-28(19-21)17-18-29(24-11-5-6-13-26-24)25(30)20-27-14-7-2-8-15-27/h3-6,9-11,13,21H,2,7-8,12,14-20H2,1H3/t21-/m1/s1. The first kappa shape index (κ1) is 21.8. The first-order valence-electron chi connectivity index (χ1n) is 11.5. The Morgan fingerprint density at radius 1 is 1.06 bits per heavy atom. The number of rotatable bonds is 8. The maximum absolute atomic E-state index is 13.2. The molecule has 2 aromatic rings. The van der Waals surface area contributed by atoms with E-state index >= 15 is 0 Å². The number of benzene rings is 1. The molecule has 4 rings (SSSR count). The molecule has 0 bridgehead atoms. The first-order chi connectivity index (χ1) is 15.2. The fraction of sp³-hybridized carbons (Fsp3) is 0.520. The molecule has 3 heterocycles. The van der Waals surface area contributed by atoms with Crippen LogP contribution in [0.5, 0.6) is 5.75 Å². The van der Waals surface area contributed by atoms with Gasteiger partial charge in [-0.05, 0) is 62.7 Å². The summed E-state index contributed by atoms with van der Waals surface area (Å²) in [6.07, 6.45) is 6.54. The molecule has 2 aliphatic rings. The molecular weight excluding hydrogens is 388 g/mol. The molecule has 1 aromatic heterocycles. The van der Waals surface area contributed by atoms with E-state index in [0.29, 0.717) is 19.0 Å². The second kappa shape index (κ2) is 10.7. The minimum Gasteiger partial charge on any atom is -0.496 e. The van der Waals surface area contributed by atoms with Gasteiger partial charge in [-0.15, -0.1) is 0 Å². The summed E-state index contributed by atoms with van der Waals surface area (Å²) >= 11 is 0. The van der Waals surface area contributed by atoms with Crippen LogP contribution in [0.2, 0.25) is 0 Å². The predicted octanol–water partition coefficient (Wildman–Crippen LogP) is 3.40. The van der Waals surface area contributed by atoms with Crippen LogP contribution in [0, 0.1) is 0 Å². The molecule has 6 nitrogen and oxygen atoms in total. The van der Waals surface area contributed by atoms with Crippen LogP contribution < -0.4 is 9.64 Å². The minimum absolute atomic E-state index is 0.154. The van der Waals surface area contributed by atoms with Crippen LogP contribution in [0.3, 0.4) is 0 Å². The third kappa shape index (κ3) is 5.63. The highest BCUT2D eigenvalue weighted by molar-refractivity contribution is 5.93. The average molecular weight is 423 g/mol. The largest absolute Gasteiger partial charge is 0.496 e. The highest BCUT2D eigenvalue weighted by Gasteiger charge is 2.27. The van der Waals surface area contributed by atoms with Crippen LogP contribution in [0.15, 0.2) is 48.7 Å². The molecular formula is C25H34N4O2. The minimum atomic E-state index is 0.154. The third-order valence-electron chi connectivity index (χ3n) is 6.53. The van der Waals surface area contributed by atoms with Crippen LogP contribution in [-0.4, -0.2) is 73.6 Å². The quantitative estimate of drug-likeness (QED) is 0.653. The highest BCUT2D eigenvalue weighted by atomic mass is 16.5. The molecule has 1 aromatic carbocycles. The zero-order valence-electron chi connectivity index (χ0n) is 18.6. The van der Waals surface area contributed by atoms with E-state index in [9.17, 15) is 4.79 Å². The van der Waals surface area contributed by atoms with Crippen molar-refractivity contribution in [3.63, 3.8) is 0 Å². The number of hydrogen-bond donors (Lipinski definition) is 0. The lowest BCUT2D eigenvalue weighted by Gasteiger charge is -2.30. The maximum Gasteiger partial charge on any atom is 0.242 e. The Balaban J connectivity index is 1.38. The number of anilines is 1. The van der Waals surface area contributed by atoms with E-state index in [0.717, 1.165) is 50.7 Å². The van der Waals surface area contributed by atoms with E-state index in [4.69, 9.17) is 4.74 Å². The van der Waals surface area contributed by atoms with Crippen LogP contribution in [-0.2, 0) is 4.79 Å². The molecule has 0 radical (unpaired) electrons. The van der Waals surface area contributed by atoms with Crippen LogP contribution in [0.1, 0.15) is 37.2 Å². The Morgan fingerprint density at radius 2 is 1.87 bits per heavy atom. The molecule has 0 unspecified atom stereocenters. The Bertz CT molecular complexity index is 838. The molecule has 2 aliphatic heterocycles. The molecule has 0 spiro atoms. The zero-order chi connectivity index (χ0) is 21.5. The van der Waals surface area contributed by atoms with E-state index in [1.165, 1.54) is 24.8 Å². The van der Waals surface area contributed by atoms with Crippen molar-refractivity contribution in [3.05, 3.63) is 54.2 Å². The van der Waals surface area contributed by atoms with Crippen molar-refractivity contribution in [2.75, 3.05) is 57.8 Å². The second-order valence-electron chi connectivity index (χ2n) is 8.60. The number of carbonyl (C=O) groups is 1. The topological polar surface area (TPSA) is 48.9 Å². The molecule has 0 aliphatic carbocycles. The van der Waals surface area contributed by atoms with E-state index in [1.54, 1.807) is 13.3 Å². The summed E-state index contributed by atoms with van der Waals surface area (Å²) in [6.45, 7) is 6.09. The van der Waals surface area contributed by atoms with Crippen LogP contribution >= 0.6 is 0 Å². The average Bonchev–Trinajstić information content (AvgIpc) is 3.29. The van der Waals surface area contributed by atoms with Crippen molar-refractivity contribution >= 4 is 11.7 Å². The first-order valence-corrected chi connectivity index (χ1v) is 11.5. The van der Waals surface area contributed by atoms with Gasteiger partial charge in [0.15, 0.2) is 0 Å². The van der Waals surface area contributed by atoms with Gasteiger partial charge in [0.2, 0.25) is 5.91 Å². The summed E-state index contributed by atoms with van der Waals surface area (Å²) in [4.78, 5) is 24.3. The Labute approximate surface area is 185 Å². The van der Waals surface area contributed by atoms with Gasteiger partial charge in [0.05, 0.1) is 13.7 Å². The number of ether oxygens (including phenoxy) is 1. The smallest absolute Gasteiger partial charge is 0.242 e. The molecule has 6 heteroatoms. The van der Waals surface area contributed by atoms with Gasteiger partial charge in [0, 0.05) is 31.7 Å². The van der Waals surface area contributed by atoms with Crippen molar-refractivity contribution in [2.45, 2.75) is 31.6 Å². The number of nitrogens with zero attached hydrogens (tertiary/aromatic N) is 4. The van der Waals surface area contributed by atoms with Gasteiger partial charge in [0.25, 0.3) is 0 Å². The molecule has 2 fully saturated rings. The van der Waals surface area contributed by atoms with Crippen molar-refractivity contribution in [2.24, 2.45) is 0 Å². The van der Waals surface area contributed by atoms with Gasteiger partial charge in [-0.2, -0.15) is 0 Å². The summed E-state index contributed by atoms with van der Waals surface area (Å²) in [5, 5.41) is 0. The number of para-hydroxylation sites is 1. The van der Waals surface area contributed by atoms with Crippen molar-refractivity contribution in [1.29, 1.82) is 0 Å². The van der Waals surface area contributed by atoms with E-state index < -0.39 is 0 Å². The molecule has 31 heavy (non-hydrogen) atoms. The van der Waals surface area contributed by atoms with Crippen LogP contribution in [0.25, 0.3) is 0 Å². The lowest BCUT2D eigenvalue weighted by Crippen LogP contribution is -2.45. The number of aromatic nitrogens is 1. The highest BCUT2D eigenvalue weighted by Crippen LogP contribution is 2.33. The zero-order valence-corrected chi connectivity index (χ0v) is 18.6.